The Morgan fingerprint density at radius 3 is 2.42 bits per heavy atom. The van der Waals surface area contributed by atoms with Gasteiger partial charge in [-0.05, 0) is 24.0 Å². The standard InChI is InChI=1S/C19H20N2O5/c1-2-19(18(23)24,15-8-4-3-5-9-15)20-17(22)12-11-14-7-6-10-16(13-14)21(25)26/h3-10,13H,2,11-12H2,1H3,(H,20,22)(H,23,24). The van der Waals surface area contributed by atoms with Gasteiger partial charge in [0, 0.05) is 18.6 Å². The van der Waals surface area contributed by atoms with Crippen LogP contribution in [-0.2, 0) is 21.5 Å². The maximum atomic E-state index is 12.4. The number of benzene rings is 2. The first-order valence-corrected chi connectivity index (χ1v) is 8.22. The van der Waals surface area contributed by atoms with Gasteiger partial charge in [0.15, 0.2) is 5.54 Å². The lowest BCUT2D eigenvalue weighted by molar-refractivity contribution is -0.384. The summed E-state index contributed by atoms with van der Waals surface area (Å²) >= 11 is 0. The summed E-state index contributed by atoms with van der Waals surface area (Å²) in [5.41, 5.74) is -0.396. The maximum absolute atomic E-state index is 12.4. The molecule has 0 radical (unpaired) electrons. The Bertz CT molecular complexity index is 807. The zero-order chi connectivity index (χ0) is 19.2. The van der Waals surface area contributed by atoms with E-state index in [0.717, 1.165) is 0 Å². The second-order valence-electron chi connectivity index (χ2n) is 5.91. The van der Waals surface area contributed by atoms with Gasteiger partial charge in [0.25, 0.3) is 5.69 Å². The summed E-state index contributed by atoms with van der Waals surface area (Å²) in [6.45, 7) is 1.70. The van der Waals surface area contributed by atoms with Crippen molar-refractivity contribution in [2.45, 2.75) is 31.7 Å². The molecule has 1 amide bonds. The van der Waals surface area contributed by atoms with E-state index < -0.39 is 22.3 Å². The fourth-order valence-corrected chi connectivity index (χ4v) is 2.80. The predicted octanol–water partition coefficient (Wildman–Crippen LogP) is 3.03. The molecule has 26 heavy (non-hydrogen) atoms. The molecule has 0 aliphatic carbocycles. The molecule has 136 valence electrons. The molecular formula is C19H20N2O5. The Morgan fingerprint density at radius 2 is 1.85 bits per heavy atom. The molecule has 0 fully saturated rings. The van der Waals surface area contributed by atoms with Gasteiger partial charge in [0.2, 0.25) is 5.91 Å². The van der Waals surface area contributed by atoms with Crippen LogP contribution in [0.1, 0.15) is 30.9 Å². The van der Waals surface area contributed by atoms with Crippen LogP contribution in [0, 0.1) is 10.1 Å². The van der Waals surface area contributed by atoms with Crippen LogP contribution < -0.4 is 5.32 Å². The quantitative estimate of drug-likeness (QED) is 0.558. The average molecular weight is 356 g/mol. The first-order valence-electron chi connectivity index (χ1n) is 8.22. The summed E-state index contributed by atoms with van der Waals surface area (Å²) in [5, 5.41) is 23.2. The van der Waals surface area contributed by atoms with Crippen molar-refractivity contribution in [3.8, 4) is 0 Å². The maximum Gasteiger partial charge on any atom is 0.334 e. The molecule has 0 aliphatic rings. The van der Waals surface area contributed by atoms with Crippen molar-refractivity contribution in [2.24, 2.45) is 0 Å². The van der Waals surface area contributed by atoms with Crippen LogP contribution in [0.5, 0.6) is 0 Å². The molecule has 0 aliphatic heterocycles. The third-order valence-electron chi connectivity index (χ3n) is 4.28. The van der Waals surface area contributed by atoms with Crippen LogP contribution in [0.4, 0.5) is 5.69 Å². The second kappa shape index (κ2) is 8.24. The number of hydrogen-bond donors (Lipinski definition) is 2. The zero-order valence-electron chi connectivity index (χ0n) is 14.3. The number of carboxylic acid groups (broad SMARTS) is 1. The van der Waals surface area contributed by atoms with E-state index in [1.807, 2.05) is 0 Å². The highest BCUT2D eigenvalue weighted by atomic mass is 16.6. The summed E-state index contributed by atoms with van der Waals surface area (Å²) in [6, 6.07) is 14.6. The number of hydrogen-bond acceptors (Lipinski definition) is 4. The van der Waals surface area contributed by atoms with Crippen molar-refractivity contribution in [3.05, 3.63) is 75.8 Å². The number of carbonyl (C=O) groups excluding carboxylic acids is 1. The number of nitrogens with one attached hydrogen (secondary N) is 1. The van der Waals surface area contributed by atoms with Crippen molar-refractivity contribution in [1.82, 2.24) is 5.32 Å². The molecule has 0 heterocycles. The highest BCUT2D eigenvalue weighted by Gasteiger charge is 2.39. The Balaban J connectivity index is 2.12. The summed E-state index contributed by atoms with van der Waals surface area (Å²) < 4.78 is 0. The van der Waals surface area contributed by atoms with Crippen molar-refractivity contribution in [1.29, 1.82) is 0 Å². The summed E-state index contributed by atoms with van der Waals surface area (Å²) in [6.07, 6.45) is 0.500. The van der Waals surface area contributed by atoms with E-state index in [1.165, 1.54) is 12.1 Å². The van der Waals surface area contributed by atoms with E-state index in [-0.39, 0.29) is 24.9 Å². The molecule has 2 rings (SSSR count). The van der Waals surface area contributed by atoms with Crippen molar-refractivity contribution in [2.75, 3.05) is 0 Å². The van der Waals surface area contributed by atoms with E-state index in [0.29, 0.717) is 11.1 Å². The van der Waals surface area contributed by atoms with Gasteiger partial charge in [-0.1, -0.05) is 49.4 Å². The molecule has 2 N–H and O–H groups in total. The molecule has 0 aromatic heterocycles. The van der Waals surface area contributed by atoms with Crippen LogP contribution in [-0.4, -0.2) is 21.9 Å². The van der Waals surface area contributed by atoms with Crippen molar-refractivity contribution in [3.63, 3.8) is 0 Å². The molecule has 2 aromatic carbocycles. The Kier molecular flexibility index (Phi) is 6.06. The van der Waals surface area contributed by atoms with Crippen LogP contribution >= 0.6 is 0 Å². The van der Waals surface area contributed by atoms with Gasteiger partial charge in [-0.2, -0.15) is 0 Å². The summed E-state index contributed by atoms with van der Waals surface area (Å²) in [5.74, 6) is -1.56. The third kappa shape index (κ3) is 4.24. The molecule has 0 saturated heterocycles. The minimum Gasteiger partial charge on any atom is -0.479 e. The zero-order valence-corrected chi connectivity index (χ0v) is 14.3. The summed E-state index contributed by atoms with van der Waals surface area (Å²) in [4.78, 5) is 34.6. The molecular weight excluding hydrogens is 336 g/mol. The lowest BCUT2D eigenvalue weighted by atomic mass is 9.87. The van der Waals surface area contributed by atoms with E-state index in [4.69, 9.17) is 0 Å². The van der Waals surface area contributed by atoms with E-state index in [1.54, 1.807) is 49.4 Å². The Hall–Kier alpha value is -3.22. The average Bonchev–Trinajstić information content (AvgIpc) is 2.65. The van der Waals surface area contributed by atoms with Gasteiger partial charge in [0.05, 0.1) is 4.92 Å². The minimum atomic E-state index is -1.50. The van der Waals surface area contributed by atoms with Crippen LogP contribution in [0.3, 0.4) is 0 Å². The topological polar surface area (TPSA) is 110 Å². The van der Waals surface area contributed by atoms with Crippen LogP contribution in [0.2, 0.25) is 0 Å². The highest BCUT2D eigenvalue weighted by molar-refractivity contribution is 5.88. The first-order chi connectivity index (χ1) is 12.4. The van der Waals surface area contributed by atoms with Crippen molar-refractivity contribution < 1.29 is 19.6 Å². The molecule has 1 atom stereocenters. The van der Waals surface area contributed by atoms with E-state index in [9.17, 15) is 24.8 Å². The van der Waals surface area contributed by atoms with E-state index >= 15 is 0 Å². The number of amides is 1. The number of nitro benzene ring substituents is 1. The lowest BCUT2D eigenvalue weighted by Gasteiger charge is -2.30. The van der Waals surface area contributed by atoms with Crippen LogP contribution in [0.25, 0.3) is 0 Å². The number of aryl methyl sites for hydroxylation is 1. The second-order valence-corrected chi connectivity index (χ2v) is 5.91. The number of nitro groups is 1. The number of rotatable bonds is 8. The fourth-order valence-electron chi connectivity index (χ4n) is 2.80. The Morgan fingerprint density at radius 1 is 1.15 bits per heavy atom. The van der Waals surface area contributed by atoms with Gasteiger partial charge in [-0.3, -0.25) is 14.9 Å². The third-order valence-corrected chi connectivity index (χ3v) is 4.28. The SMILES string of the molecule is CCC(NC(=O)CCc1cccc([N+](=O)[O-])c1)(C(=O)O)c1ccccc1. The molecule has 1 unspecified atom stereocenters. The largest absolute Gasteiger partial charge is 0.479 e. The normalized spacial score (nSPS) is 12.8. The molecule has 0 spiro atoms. The van der Waals surface area contributed by atoms with Gasteiger partial charge >= 0.3 is 5.97 Å². The van der Waals surface area contributed by atoms with Gasteiger partial charge in [-0.25, -0.2) is 4.79 Å². The van der Waals surface area contributed by atoms with Gasteiger partial charge in [-0.15, -0.1) is 0 Å². The number of non-ortho nitro benzene ring substituents is 1. The monoisotopic (exact) mass is 356 g/mol. The number of carboxylic acids is 1. The Labute approximate surface area is 150 Å². The smallest absolute Gasteiger partial charge is 0.334 e. The molecule has 7 nitrogen and oxygen atoms in total. The van der Waals surface area contributed by atoms with Crippen molar-refractivity contribution >= 4 is 17.6 Å². The predicted molar refractivity (Wildman–Crippen MR) is 95.6 cm³/mol. The van der Waals surface area contributed by atoms with Gasteiger partial charge < -0.3 is 10.4 Å². The van der Waals surface area contributed by atoms with E-state index in [2.05, 4.69) is 5.32 Å². The minimum absolute atomic E-state index is 0.0308. The van der Waals surface area contributed by atoms with Crippen LogP contribution in [0.15, 0.2) is 54.6 Å². The number of nitrogens with zero attached hydrogens (tertiary/aromatic N) is 1. The first kappa shape index (κ1) is 19.1. The lowest BCUT2D eigenvalue weighted by Crippen LogP contribution is -2.51. The number of carbonyl (C=O) groups is 2. The highest BCUT2D eigenvalue weighted by Crippen LogP contribution is 2.26. The molecule has 0 bridgehead atoms. The molecule has 2 aromatic rings. The van der Waals surface area contributed by atoms with Gasteiger partial charge in [0.1, 0.15) is 0 Å². The summed E-state index contributed by atoms with van der Waals surface area (Å²) in [7, 11) is 0. The molecule has 7 heteroatoms. The number of aliphatic carboxylic acids is 1. The fraction of sp³-hybridized carbons (Fsp3) is 0.263. The molecule has 0 saturated carbocycles.